The number of likely N-dealkylation sites (tertiary alicyclic amines) is 1. The number of aryl methyl sites for hydroxylation is 2. The van der Waals surface area contributed by atoms with Crippen molar-refractivity contribution in [1.82, 2.24) is 9.80 Å². The van der Waals surface area contributed by atoms with Crippen LogP contribution < -0.4 is 4.90 Å². The summed E-state index contributed by atoms with van der Waals surface area (Å²) in [6, 6.07) is 4.57. The standard InChI is InChI=1S/C27H33N3O4S/c1-16-9-6-10-17(2)21(16)29-14-8-12-27-20(24(33)30(18(3)15-31)22(27)25(29)34)19-23(32)28(5)13-7-11-26(19,4)35-27/h6-12,18-20,22,31H,13-15H2,1-5H3/t18-,19-,20+,22?,26+,27+/m1/s1. The SMILES string of the molecule is Cc1cccc(C)c1N1CC=C[C@]23S[C@@]4(C)C=CCN(C)C(=O)[C@H]4[C@H]2C(=O)N([C@H](C)CO)C3C1=O. The van der Waals surface area contributed by atoms with Crippen molar-refractivity contribution < 1.29 is 19.5 Å². The van der Waals surface area contributed by atoms with E-state index in [0.717, 1.165) is 16.8 Å². The summed E-state index contributed by atoms with van der Waals surface area (Å²) < 4.78 is -1.52. The lowest BCUT2D eigenvalue weighted by molar-refractivity contribution is -0.144. The van der Waals surface area contributed by atoms with E-state index in [-0.39, 0.29) is 24.3 Å². The molecule has 1 aromatic carbocycles. The zero-order valence-electron chi connectivity index (χ0n) is 20.9. The topological polar surface area (TPSA) is 81.2 Å². The van der Waals surface area contributed by atoms with Crippen LogP contribution in [0.3, 0.4) is 0 Å². The first kappa shape index (κ1) is 24.1. The number of thioether (sulfide) groups is 1. The number of carbonyl (C=O) groups excluding carboxylic acids is 3. The number of benzene rings is 1. The molecule has 0 bridgehead atoms. The van der Waals surface area contributed by atoms with E-state index < -0.39 is 33.4 Å². The molecule has 7 nitrogen and oxygen atoms in total. The van der Waals surface area contributed by atoms with Gasteiger partial charge in [0.25, 0.3) is 5.91 Å². The number of hydrogen-bond acceptors (Lipinski definition) is 5. The maximum Gasteiger partial charge on any atom is 0.251 e. The summed E-state index contributed by atoms with van der Waals surface area (Å²) in [5.41, 5.74) is 2.83. The molecule has 35 heavy (non-hydrogen) atoms. The Kier molecular flexibility index (Phi) is 5.68. The third-order valence-corrected chi connectivity index (χ3v) is 9.94. The number of aliphatic hydroxyl groups excluding tert-OH is 1. The minimum atomic E-state index is -0.902. The smallest absolute Gasteiger partial charge is 0.251 e. The Balaban J connectivity index is 1.70. The van der Waals surface area contributed by atoms with Crippen LogP contribution in [0.25, 0.3) is 0 Å². The van der Waals surface area contributed by atoms with E-state index in [1.807, 2.05) is 63.3 Å². The first-order valence-electron chi connectivity index (χ1n) is 12.2. The number of anilines is 1. The molecule has 4 heterocycles. The van der Waals surface area contributed by atoms with Gasteiger partial charge in [-0.2, -0.15) is 0 Å². The third-order valence-electron chi connectivity index (χ3n) is 8.14. The largest absolute Gasteiger partial charge is 0.394 e. The Morgan fingerprint density at radius 1 is 1.03 bits per heavy atom. The summed E-state index contributed by atoms with van der Waals surface area (Å²) in [7, 11) is 1.76. The van der Waals surface area contributed by atoms with Crippen molar-refractivity contribution in [3.63, 3.8) is 0 Å². The Morgan fingerprint density at radius 2 is 1.69 bits per heavy atom. The molecule has 1 N–H and O–H groups in total. The van der Waals surface area contributed by atoms with Gasteiger partial charge in [0.05, 0.1) is 29.2 Å². The van der Waals surface area contributed by atoms with Gasteiger partial charge in [-0.05, 0) is 38.8 Å². The average molecular weight is 496 g/mol. The Bertz CT molecular complexity index is 1140. The van der Waals surface area contributed by atoms with E-state index in [1.54, 1.807) is 40.4 Å². The summed E-state index contributed by atoms with van der Waals surface area (Å²) >= 11 is 1.56. The van der Waals surface area contributed by atoms with Gasteiger partial charge in [0, 0.05) is 30.6 Å². The molecular weight excluding hydrogens is 462 g/mol. The lowest BCUT2D eigenvalue weighted by Gasteiger charge is -2.39. The molecule has 4 aliphatic heterocycles. The second-order valence-electron chi connectivity index (χ2n) is 10.5. The van der Waals surface area contributed by atoms with Crippen LogP contribution in [-0.2, 0) is 14.4 Å². The quantitative estimate of drug-likeness (QED) is 0.651. The molecule has 8 heteroatoms. The van der Waals surface area contributed by atoms with Gasteiger partial charge in [-0.3, -0.25) is 14.4 Å². The maximum absolute atomic E-state index is 14.5. The van der Waals surface area contributed by atoms with Gasteiger partial charge in [-0.25, -0.2) is 0 Å². The van der Waals surface area contributed by atoms with Crippen LogP contribution in [0.2, 0.25) is 0 Å². The van der Waals surface area contributed by atoms with Gasteiger partial charge in [0.1, 0.15) is 6.04 Å². The lowest BCUT2D eigenvalue weighted by Crippen LogP contribution is -2.56. The molecule has 0 radical (unpaired) electrons. The molecule has 0 aliphatic carbocycles. The number of para-hydroxylation sites is 1. The van der Waals surface area contributed by atoms with Crippen LogP contribution in [0.5, 0.6) is 0 Å². The molecule has 4 aliphatic rings. The fraction of sp³-hybridized carbons (Fsp3) is 0.519. The molecule has 0 saturated carbocycles. The minimum Gasteiger partial charge on any atom is -0.394 e. The maximum atomic E-state index is 14.5. The molecule has 2 fully saturated rings. The van der Waals surface area contributed by atoms with Crippen molar-refractivity contribution in [2.75, 3.05) is 31.6 Å². The Hall–Kier alpha value is -2.58. The molecule has 1 aromatic rings. The van der Waals surface area contributed by atoms with E-state index in [0.29, 0.717) is 13.1 Å². The fourth-order valence-electron chi connectivity index (χ4n) is 6.58. The molecule has 6 atom stereocenters. The van der Waals surface area contributed by atoms with Crippen molar-refractivity contribution >= 4 is 35.2 Å². The van der Waals surface area contributed by atoms with E-state index >= 15 is 0 Å². The van der Waals surface area contributed by atoms with E-state index in [1.165, 1.54) is 0 Å². The number of rotatable bonds is 3. The molecule has 5 rings (SSSR count). The Morgan fingerprint density at radius 3 is 2.34 bits per heavy atom. The summed E-state index contributed by atoms with van der Waals surface area (Å²) in [6.45, 7) is 8.37. The highest BCUT2D eigenvalue weighted by molar-refractivity contribution is 8.02. The van der Waals surface area contributed by atoms with Crippen molar-refractivity contribution in [3.8, 4) is 0 Å². The lowest BCUT2D eigenvalue weighted by atomic mass is 9.74. The van der Waals surface area contributed by atoms with E-state index in [4.69, 9.17) is 0 Å². The number of fused-ring (bicyclic) bond motifs is 2. The van der Waals surface area contributed by atoms with Crippen molar-refractivity contribution in [1.29, 1.82) is 0 Å². The van der Waals surface area contributed by atoms with Gasteiger partial charge < -0.3 is 19.8 Å². The van der Waals surface area contributed by atoms with E-state index in [9.17, 15) is 19.5 Å². The molecule has 1 unspecified atom stereocenters. The number of aliphatic hydroxyl groups is 1. The van der Waals surface area contributed by atoms with Crippen LogP contribution >= 0.6 is 11.8 Å². The highest BCUT2D eigenvalue weighted by Gasteiger charge is 2.74. The predicted molar refractivity (Wildman–Crippen MR) is 137 cm³/mol. The second kappa shape index (κ2) is 8.23. The number of nitrogens with zero attached hydrogens (tertiary/aromatic N) is 3. The van der Waals surface area contributed by atoms with Crippen molar-refractivity contribution in [2.45, 2.75) is 49.3 Å². The zero-order valence-corrected chi connectivity index (χ0v) is 21.7. The van der Waals surface area contributed by atoms with Crippen LogP contribution in [0.1, 0.15) is 25.0 Å². The monoisotopic (exact) mass is 495 g/mol. The number of amides is 3. The average Bonchev–Trinajstić information content (AvgIpc) is 3.10. The number of carbonyl (C=O) groups is 3. The third kappa shape index (κ3) is 3.25. The minimum absolute atomic E-state index is 0.0748. The zero-order chi connectivity index (χ0) is 25.3. The molecule has 0 aromatic heterocycles. The van der Waals surface area contributed by atoms with Gasteiger partial charge in [0.2, 0.25) is 11.8 Å². The van der Waals surface area contributed by atoms with Crippen LogP contribution in [0.4, 0.5) is 5.69 Å². The van der Waals surface area contributed by atoms with Gasteiger partial charge in [-0.1, -0.05) is 42.5 Å². The molecule has 1 spiro atoms. The molecular formula is C27H33N3O4S. The van der Waals surface area contributed by atoms with Crippen molar-refractivity contribution in [3.05, 3.63) is 53.6 Å². The highest BCUT2D eigenvalue weighted by Crippen LogP contribution is 2.65. The van der Waals surface area contributed by atoms with E-state index in [2.05, 4.69) is 0 Å². The number of hydrogen-bond donors (Lipinski definition) is 1. The van der Waals surface area contributed by atoms with Crippen LogP contribution in [-0.4, -0.2) is 80.9 Å². The first-order valence-corrected chi connectivity index (χ1v) is 13.0. The summed E-state index contributed by atoms with van der Waals surface area (Å²) in [4.78, 5) is 47.2. The van der Waals surface area contributed by atoms with Crippen LogP contribution in [0, 0.1) is 25.7 Å². The number of likely N-dealkylation sites (N-methyl/N-ethyl adjacent to an activating group) is 1. The van der Waals surface area contributed by atoms with Gasteiger partial charge >= 0.3 is 0 Å². The molecule has 2 saturated heterocycles. The normalized spacial score (nSPS) is 35.1. The van der Waals surface area contributed by atoms with Crippen molar-refractivity contribution in [2.24, 2.45) is 11.8 Å². The second-order valence-corrected chi connectivity index (χ2v) is 12.3. The summed E-state index contributed by atoms with van der Waals surface area (Å²) in [5, 5.41) is 10.1. The molecule has 3 amide bonds. The Labute approximate surface area is 210 Å². The van der Waals surface area contributed by atoms with Crippen LogP contribution in [0.15, 0.2) is 42.5 Å². The predicted octanol–water partition coefficient (Wildman–Crippen LogP) is 2.30. The molecule has 186 valence electrons. The summed E-state index contributed by atoms with van der Waals surface area (Å²) in [5.74, 6) is -1.75. The fourth-order valence-corrected chi connectivity index (χ4v) is 8.72. The first-order chi connectivity index (χ1) is 16.6. The van der Waals surface area contributed by atoms with Gasteiger partial charge in [0.15, 0.2) is 0 Å². The highest BCUT2D eigenvalue weighted by atomic mass is 32.2. The summed E-state index contributed by atoms with van der Waals surface area (Å²) in [6.07, 6.45) is 8.03. The van der Waals surface area contributed by atoms with Gasteiger partial charge in [-0.15, -0.1) is 11.8 Å².